The van der Waals surface area contributed by atoms with Crippen molar-refractivity contribution in [3.63, 3.8) is 0 Å². The highest BCUT2D eigenvalue weighted by molar-refractivity contribution is 9.10. The average molecular weight is 329 g/mol. The van der Waals surface area contributed by atoms with E-state index >= 15 is 0 Å². The quantitative estimate of drug-likeness (QED) is 0.770. The zero-order valence-corrected chi connectivity index (χ0v) is 11.5. The summed E-state index contributed by atoms with van der Waals surface area (Å²) in [5.74, 6) is -1.73. The van der Waals surface area contributed by atoms with E-state index in [4.69, 9.17) is 15.6 Å². The number of ether oxygens (including phenoxy) is 1. The molecule has 0 radical (unpaired) electrons. The van der Waals surface area contributed by atoms with E-state index in [1.807, 2.05) is 0 Å². The SMILES string of the molecule is NC1COCC1C(=O)Nc1cc(Br)cc(C(=O)O)c1. The molecule has 2 atom stereocenters. The Labute approximate surface area is 118 Å². The smallest absolute Gasteiger partial charge is 0.335 e. The number of nitrogens with one attached hydrogen (secondary N) is 1. The molecule has 2 unspecified atom stereocenters. The van der Waals surface area contributed by atoms with Crippen molar-refractivity contribution in [3.8, 4) is 0 Å². The number of hydrogen-bond acceptors (Lipinski definition) is 4. The molecule has 1 saturated heterocycles. The van der Waals surface area contributed by atoms with Crippen molar-refractivity contribution in [2.45, 2.75) is 6.04 Å². The van der Waals surface area contributed by atoms with E-state index in [2.05, 4.69) is 21.2 Å². The molecule has 2 rings (SSSR count). The number of nitrogens with two attached hydrogens (primary N) is 1. The number of aromatic carboxylic acids is 1. The zero-order valence-electron chi connectivity index (χ0n) is 9.93. The predicted molar refractivity (Wildman–Crippen MR) is 72.0 cm³/mol. The van der Waals surface area contributed by atoms with Crippen LogP contribution in [0.5, 0.6) is 0 Å². The number of benzene rings is 1. The molecule has 4 N–H and O–H groups in total. The van der Waals surface area contributed by atoms with Gasteiger partial charge in [0, 0.05) is 16.2 Å². The highest BCUT2D eigenvalue weighted by Gasteiger charge is 2.31. The van der Waals surface area contributed by atoms with Crippen LogP contribution >= 0.6 is 15.9 Å². The largest absolute Gasteiger partial charge is 0.478 e. The van der Waals surface area contributed by atoms with Crippen molar-refractivity contribution >= 4 is 33.5 Å². The lowest BCUT2D eigenvalue weighted by Gasteiger charge is -2.14. The molecule has 1 aliphatic heterocycles. The van der Waals surface area contributed by atoms with Crippen LogP contribution in [0, 0.1) is 5.92 Å². The summed E-state index contributed by atoms with van der Waals surface area (Å²) in [5.41, 5.74) is 6.26. The van der Waals surface area contributed by atoms with Crippen molar-refractivity contribution < 1.29 is 19.4 Å². The van der Waals surface area contributed by atoms with Gasteiger partial charge in [-0.25, -0.2) is 4.79 Å². The normalized spacial score (nSPS) is 22.2. The Balaban J connectivity index is 2.14. The van der Waals surface area contributed by atoms with Gasteiger partial charge in [0.1, 0.15) is 0 Å². The van der Waals surface area contributed by atoms with E-state index in [-0.39, 0.29) is 24.1 Å². The van der Waals surface area contributed by atoms with Crippen LogP contribution in [-0.4, -0.2) is 36.2 Å². The van der Waals surface area contributed by atoms with Gasteiger partial charge < -0.3 is 20.9 Å². The lowest BCUT2D eigenvalue weighted by atomic mass is 10.0. The lowest BCUT2D eigenvalue weighted by Crippen LogP contribution is -2.37. The van der Waals surface area contributed by atoms with E-state index < -0.39 is 11.9 Å². The molecule has 1 aliphatic rings. The number of carboxylic acids is 1. The lowest BCUT2D eigenvalue weighted by molar-refractivity contribution is -0.120. The van der Waals surface area contributed by atoms with Crippen molar-refractivity contribution in [2.24, 2.45) is 11.7 Å². The predicted octanol–water partition coefficient (Wildman–Crippen LogP) is 1.06. The summed E-state index contributed by atoms with van der Waals surface area (Å²) in [6.45, 7) is 0.643. The van der Waals surface area contributed by atoms with E-state index in [1.54, 1.807) is 6.07 Å². The van der Waals surface area contributed by atoms with Gasteiger partial charge >= 0.3 is 5.97 Å². The molecular weight excluding hydrogens is 316 g/mol. The topological polar surface area (TPSA) is 102 Å². The molecule has 0 saturated carbocycles. The Morgan fingerprint density at radius 2 is 2.11 bits per heavy atom. The third kappa shape index (κ3) is 3.31. The Morgan fingerprint density at radius 1 is 1.37 bits per heavy atom. The molecule has 0 aromatic heterocycles. The second-order valence-corrected chi connectivity index (χ2v) is 5.25. The molecule has 1 aromatic carbocycles. The zero-order chi connectivity index (χ0) is 14.0. The molecule has 102 valence electrons. The summed E-state index contributed by atoms with van der Waals surface area (Å²) in [6, 6.07) is 4.16. The molecule has 1 fully saturated rings. The number of carboxylic acid groups (broad SMARTS) is 1. The van der Waals surface area contributed by atoms with Gasteiger partial charge in [-0.1, -0.05) is 15.9 Å². The van der Waals surface area contributed by atoms with Crippen molar-refractivity contribution in [1.82, 2.24) is 0 Å². The number of halogens is 1. The first-order chi connectivity index (χ1) is 8.97. The first-order valence-electron chi connectivity index (χ1n) is 5.65. The van der Waals surface area contributed by atoms with Crippen molar-refractivity contribution in [1.29, 1.82) is 0 Å². The third-order valence-electron chi connectivity index (χ3n) is 2.87. The highest BCUT2D eigenvalue weighted by atomic mass is 79.9. The van der Waals surface area contributed by atoms with Crippen molar-refractivity contribution in [2.75, 3.05) is 18.5 Å². The molecule has 1 amide bonds. The molecule has 6 nitrogen and oxygen atoms in total. The minimum Gasteiger partial charge on any atom is -0.478 e. The van der Waals surface area contributed by atoms with Crippen LogP contribution in [-0.2, 0) is 9.53 Å². The molecule has 19 heavy (non-hydrogen) atoms. The average Bonchev–Trinajstić information content (AvgIpc) is 2.74. The minimum atomic E-state index is -1.06. The molecule has 0 aliphatic carbocycles. The highest BCUT2D eigenvalue weighted by Crippen LogP contribution is 2.21. The fourth-order valence-corrected chi connectivity index (χ4v) is 2.35. The number of carbonyl (C=O) groups excluding carboxylic acids is 1. The van der Waals surface area contributed by atoms with Crippen LogP contribution in [0.3, 0.4) is 0 Å². The number of hydrogen-bond donors (Lipinski definition) is 3. The Bertz CT molecular complexity index is 520. The van der Waals surface area contributed by atoms with E-state index in [0.29, 0.717) is 16.8 Å². The van der Waals surface area contributed by atoms with Crippen LogP contribution in [0.4, 0.5) is 5.69 Å². The Kier molecular flexibility index (Phi) is 4.18. The number of amides is 1. The molecule has 1 heterocycles. The second kappa shape index (κ2) is 5.68. The molecule has 7 heteroatoms. The molecule has 0 bridgehead atoms. The van der Waals surface area contributed by atoms with Crippen LogP contribution in [0.25, 0.3) is 0 Å². The Morgan fingerprint density at radius 3 is 2.68 bits per heavy atom. The van der Waals surface area contributed by atoms with Gasteiger partial charge in [0.05, 0.1) is 24.7 Å². The van der Waals surface area contributed by atoms with E-state index in [1.165, 1.54) is 12.1 Å². The van der Waals surface area contributed by atoms with Gasteiger partial charge in [0.15, 0.2) is 0 Å². The summed E-state index contributed by atoms with van der Waals surface area (Å²) < 4.78 is 5.70. The number of carbonyl (C=O) groups is 2. The summed E-state index contributed by atoms with van der Waals surface area (Å²) in [4.78, 5) is 22.9. The minimum absolute atomic E-state index is 0.0941. The molecule has 1 aromatic rings. The van der Waals surface area contributed by atoms with Gasteiger partial charge in [0.2, 0.25) is 5.91 Å². The molecule has 0 spiro atoms. The van der Waals surface area contributed by atoms with Gasteiger partial charge in [-0.15, -0.1) is 0 Å². The first kappa shape index (κ1) is 14.0. The maximum Gasteiger partial charge on any atom is 0.335 e. The summed E-state index contributed by atoms with van der Waals surface area (Å²) in [7, 11) is 0. The number of anilines is 1. The standard InChI is InChI=1S/C12H13BrN2O4/c13-7-1-6(12(17)18)2-8(3-7)15-11(16)9-4-19-5-10(9)14/h1-3,9-10H,4-5,14H2,(H,15,16)(H,17,18). The van der Waals surface area contributed by atoms with Crippen LogP contribution in [0.1, 0.15) is 10.4 Å². The fourth-order valence-electron chi connectivity index (χ4n) is 1.86. The van der Waals surface area contributed by atoms with Gasteiger partial charge in [0.25, 0.3) is 0 Å². The maximum atomic E-state index is 12.0. The number of rotatable bonds is 3. The van der Waals surface area contributed by atoms with Gasteiger partial charge in [-0.05, 0) is 18.2 Å². The fraction of sp³-hybridized carbons (Fsp3) is 0.333. The maximum absolute atomic E-state index is 12.0. The van der Waals surface area contributed by atoms with E-state index in [0.717, 1.165) is 0 Å². The summed E-state index contributed by atoms with van der Waals surface area (Å²) in [5, 5.41) is 11.6. The third-order valence-corrected chi connectivity index (χ3v) is 3.33. The Hall–Kier alpha value is -1.44. The van der Waals surface area contributed by atoms with Crippen LogP contribution in [0.2, 0.25) is 0 Å². The van der Waals surface area contributed by atoms with Crippen LogP contribution < -0.4 is 11.1 Å². The second-order valence-electron chi connectivity index (χ2n) is 4.33. The monoisotopic (exact) mass is 328 g/mol. The summed E-state index contributed by atoms with van der Waals surface area (Å²) in [6.07, 6.45) is 0. The summed E-state index contributed by atoms with van der Waals surface area (Å²) >= 11 is 3.20. The van der Waals surface area contributed by atoms with E-state index in [9.17, 15) is 9.59 Å². The van der Waals surface area contributed by atoms with Crippen LogP contribution in [0.15, 0.2) is 22.7 Å². The van der Waals surface area contributed by atoms with Gasteiger partial charge in [-0.3, -0.25) is 4.79 Å². The first-order valence-corrected chi connectivity index (χ1v) is 6.45. The van der Waals surface area contributed by atoms with Crippen molar-refractivity contribution in [3.05, 3.63) is 28.2 Å². The van der Waals surface area contributed by atoms with Gasteiger partial charge in [-0.2, -0.15) is 0 Å². The molecular formula is C12H13BrN2O4.